The minimum Gasteiger partial charge on any atom is -0.0889 e. The summed E-state index contributed by atoms with van der Waals surface area (Å²) in [5, 5.41) is 0. The minimum atomic E-state index is 0. The van der Waals surface area contributed by atoms with Crippen LogP contribution in [0.25, 0.3) is 0 Å². The SMILES string of the molecule is C.C.C.C.[B]CCC. The molecule has 0 atom stereocenters. The maximum Gasteiger partial charge on any atom is 0.0652 e. The van der Waals surface area contributed by atoms with Crippen LogP contribution in [0.2, 0.25) is 6.32 Å². The summed E-state index contributed by atoms with van der Waals surface area (Å²) in [4.78, 5) is 0. The lowest BCUT2D eigenvalue weighted by Gasteiger charge is -1.67. The van der Waals surface area contributed by atoms with E-state index >= 15 is 0 Å². The zero-order valence-corrected chi connectivity index (χ0v) is 2.99. The monoisotopic (exact) mass is 118 g/mol. The van der Waals surface area contributed by atoms with Gasteiger partial charge in [0.05, 0.1) is 7.85 Å². The van der Waals surface area contributed by atoms with Crippen molar-refractivity contribution in [2.24, 2.45) is 0 Å². The molecule has 0 aromatic heterocycles. The van der Waals surface area contributed by atoms with Gasteiger partial charge >= 0.3 is 0 Å². The predicted octanol–water partition coefficient (Wildman–Crippen LogP) is 3.53. The third-order valence-electron chi connectivity index (χ3n) is 0.289. The lowest BCUT2D eigenvalue weighted by molar-refractivity contribution is 1.08. The van der Waals surface area contributed by atoms with Crippen molar-refractivity contribution in [3.05, 3.63) is 0 Å². The molecule has 2 radical (unpaired) electrons. The van der Waals surface area contributed by atoms with Crippen molar-refractivity contribution in [3.8, 4) is 0 Å². The van der Waals surface area contributed by atoms with Crippen LogP contribution >= 0.6 is 0 Å². The van der Waals surface area contributed by atoms with Gasteiger partial charge < -0.3 is 0 Å². The summed E-state index contributed by atoms with van der Waals surface area (Å²) in [6.07, 6.45) is 1.92. The molecular weight excluding hydrogens is 94.9 g/mol. The van der Waals surface area contributed by atoms with Crippen LogP contribution < -0.4 is 0 Å². The zero-order valence-electron chi connectivity index (χ0n) is 2.99. The Morgan fingerprint density at radius 1 is 1.00 bits per heavy atom. The van der Waals surface area contributed by atoms with Crippen LogP contribution in [0.3, 0.4) is 0 Å². The molecule has 0 heterocycles. The third kappa shape index (κ3) is 137. The molecule has 0 unspecified atom stereocenters. The zero-order chi connectivity index (χ0) is 3.41. The van der Waals surface area contributed by atoms with E-state index < -0.39 is 0 Å². The highest BCUT2D eigenvalue weighted by molar-refractivity contribution is 6.08. The molecule has 0 spiro atoms. The molecular formula is C7H23B. The van der Waals surface area contributed by atoms with E-state index in [2.05, 4.69) is 6.92 Å². The largest absolute Gasteiger partial charge is 0.0889 e. The fourth-order valence-electron chi connectivity index (χ4n) is 0. The molecule has 0 aliphatic heterocycles. The van der Waals surface area contributed by atoms with E-state index in [1.807, 2.05) is 0 Å². The molecule has 0 nitrogen and oxygen atoms in total. The Morgan fingerprint density at radius 3 is 1.12 bits per heavy atom. The van der Waals surface area contributed by atoms with Crippen molar-refractivity contribution >= 4 is 7.85 Å². The van der Waals surface area contributed by atoms with Gasteiger partial charge in [0.1, 0.15) is 0 Å². The highest BCUT2D eigenvalue weighted by Gasteiger charge is 1.57. The van der Waals surface area contributed by atoms with Gasteiger partial charge in [-0.3, -0.25) is 0 Å². The van der Waals surface area contributed by atoms with Crippen LogP contribution in [0.5, 0.6) is 0 Å². The standard InChI is InChI=1S/C3H7B.4CH4/c1-2-3-4;;;;/h2-3H2,1H3;4*1H4. The second kappa shape index (κ2) is 60.9. The predicted molar refractivity (Wildman–Crippen MR) is 47.8 cm³/mol. The van der Waals surface area contributed by atoms with Crippen molar-refractivity contribution in [3.63, 3.8) is 0 Å². The molecule has 54 valence electrons. The summed E-state index contributed by atoms with van der Waals surface area (Å²) in [6.45, 7) is 2.06. The van der Waals surface area contributed by atoms with E-state index in [0.717, 1.165) is 12.7 Å². The van der Waals surface area contributed by atoms with Crippen molar-refractivity contribution < 1.29 is 0 Å². The quantitative estimate of drug-likeness (QED) is 0.462. The van der Waals surface area contributed by atoms with E-state index in [0.29, 0.717) is 0 Å². The average molecular weight is 118 g/mol. The Balaban J connectivity index is -0.00000000750. The number of rotatable bonds is 1. The molecule has 1 heteroatoms. The Labute approximate surface area is 58.1 Å². The van der Waals surface area contributed by atoms with Crippen LogP contribution in [0, 0.1) is 0 Å². The van der Waals surface area contributed by atoms with Crippen LogP contribution in [0.15, 0.2) is 0 Å². The Hall–Kier alpha value is 0.0649. The van der Waals surface area contributed by atoms with Crippen molar-refractivity contribution in [1.29, 1.82) is 0 Å². The maximum absolute atomic E-state index is 5.03. The lowest BCUT2D eigenvalue weighted by atomic mass is 10.0. The fraction of sp³-hybridized carbons (Fsp3) is 1.00. The lowest BCUT2D eigenvalue weighted by Crippen LogP contribution is -1.55. The smallest absolute Gasteiger partial charge is 0.0652 e. The summed E-state index contributed by atoms with van der Waals surface area (Å²) >= 11 is 0. The summed E-state index contributed by atoms with van der Waals surface area (Å²) < 4.78 is 0. The first-order valence-corrected chi connectivity index (χ1v) is 1.62. The van der Waals surface area contributed by atoms with Gasteiger partial charge in [0.25, 0.3) is 0 Å². The van der Waals surface area contributed by atoms with Crippen LogP contribution in [-0.2, 0) is 0 Å². The molecule has 0 aliphatic rings. The van der Waals surface area contributed by atoms with Gasteiger partial charge in [0, 0.05) is 0 Å². The van der Waals surface area contributed by atoms with Gasteiger partial charge in [-0.2, -0.15) is 0 Å². The molecule has 0 amide bonds. The van der Waals surface area contributed by atoms with E-state index in [-0.39, 0.29) is 29.7 Å². The molecule has 0 saturated carbocycles. The Bertz CT molecular complexity index is 6.35. The average Bonchev–Trinajstić information content (AvgIpc) is 1.37. The fourth-order valence-corrected chi connectivity index (χ4v) is 0. The molecule has 0 fully saturated rings. The first-order chi connectivity index (χ1) is 1.91. The van der Waals surface area contributed by atoms with Gasteiger partial charge in [-0.25, -0.2) is 0 Å². The minimum absolute atomic E-state index is 0. The normalized spacial score (nSPS) is 3.62. The molecule has 8 heavy (non-hydrogen) atoms. The second-order valence-electron chi connectivity index (χ2n) is 0.789. The third-order valence-corrected chi connectivity index (χ3v) is 0.289. The summed E-state index contributed by atoms with van der Waals surface area (Å²) in [7, 11) is 5.03. The Morgan fingerprint density at radius 2 is 1.12 bits per heavy atom. The van der Waals surface area contributed by atoms with Crippen molar-refractivity contribution in [2.45, 2.75) is 49.4 Å². The van der Waals surface area contributed by atoms with Gasteiger partial charge in [0.2, 0.25) is 0 Å². The van der Waals surface area contributed by atoms with E-state index in [1.54, 1.807) is 0 Å². The highest BCUT2D eigenvalue weighted by Crippen LogP contribution is 1.73. The summed E-state index contributed by atoms with van der Waals surface area (Å²) in [5.74, 6) is 0. The van der Waals surface area contributed by atoms with Crippen LogP contribution in [0.4, 0.5) is 0 Å². The molecule has 0 rings (SSSR count). The number of hydrogen-bond donors (Lipinski definition) is 0. The molecule has 0 aromatic carbocycles. The van der Waals surface area contributed by atoms with Gasteiger partial charge in [0.15, 0.2) is 0 Å². The second-order valence-corrected chi connectivity index (χ2v) is 0.789. The van der Waals surface area contributed by atoms with Crippen molar-refractivity contribution in [1.82, 2.24) is 0 Å². The van der Waals surface area contributed by atoms with Crippen molar-refractivity contribution in [2.75, 3.05) is 0 Å². The van der Waals surface area contributed by atoms with E-state index in [4.69, 9.17) is 7.85 Å². The Kier molecular flexibility index (Phi) is 326. The van der Waals surface area contributed by atoms with Crippen LogP contribution in [0.1, 0.15) is 43.1 Å². The molecule has 0 saturated heterocycles. The maximum atomic E-state index is 5.03. The number of hydrogen-bond acceptors (Lipinski definition) is 0. The molecule has 0 N–H and O–H groups in total. The van der Waals surface area contributed by atoms with Crippen LogP contribution in [-0.4, -0.2) is 7.85 Å². The van der Waals surface area contributed by atoms with Gasteiger partial charge in [-0.05, 0) is 0 Å². The van der Waals surface area contributed by atoms with Gasteiger partial charge in [-0.15, -0.1) is 0 Å². The summed E-state index contributed by atoms with van der Waals surface area (Å²) in [6, 6.07) is 0. The summed E-state index contributed by atoms with van der Waals surface area (Å²) in [5.41, 5.74) is 0. The van der Waals surface area contributed by atoms with E-state index in [1.165, 1.54) is 0 Å². The molecule has 0 bridgehead atoms. The topological polar surface area (TPSA) is 0 Å². The van der Waals surface area contributed by atoms with Gasteiger partial charge in [-0.1, -0.05) is 49.4 Å². The molecule has 0 aliphatic carbocycles. The highest BCUT2D eigenvalue weighted by atomic mass is 13.5. The molecule has 0 aromatic rings. The first-order valence-electron chi connectivity index (χ1n) is 1.62. The first kappa shape index (κ1) is 42.9. The van der Waals surface area contributed by atoms with E-state index in [9.17, 15) is 0 Å².